The van der Waals surface area contributed by atoms with Crippen LogP contribution in [0.1, 0.15) is 109 Å². The summed E-state index contributed by atoms with van der Waals surface area (Å²) < 4.78 is 12.7. The standard InChI is InChI=1S/C60H58N4O.Pt/c1-58(2,3)43-31-34-61-56(37-43)64-55-39-47(29-30-49(55)48-25-18-26-52(48)60(64)32-15-16-33-60)65-46-24-17-23-45(38-46)62-40-63(54-28-14-13-27-53(54)62)57-50(41-19-9-7-10-20-41)35-44(59(4,5)6)36-51(57)42-21-11-8-12-22-42;/h7-14,17,19-24,27-31,34-37,48,52H,15-16,18,25-26,32-33H2,1-6H3;/q-2;. The number of hydrogen-bond acceptors (Lipinski definition) is 3. The molecular formula is C60H58N4OPt-2. The van der Waals surface area contributed by atoms with E-state index >= 15 is 0 Å². The summed E-state index contributed by atoms with van der Waals surface area (Å²) in [5.74, 6) is 3.54. The van der Waals surface area contributed by atoms with E-state index in [2.05, 4.69) is 221 Å². The Labute approximate surface area is 401 Å². The summed E-state index contributed by atoms with van der Waals surface area (Å²) in [5, 5.41) is 0. The number of imidazole rings is 1. The van der Waals surface area contributed by atoms with Crippen molar-refractivity contribution < 1.29 is 24.1 Å². The Morgan fingerprint density at radius 1 is 0.621 bits per heavy atom. The van der Waals surface area contributed by atoms with Gasteiger partial charge in [-0.15, -0.1) is 0 Å². The molecule has 5 nitrogen and oxygen atoms in total. The van der Waals surface area contributed by atoms with Crippen molar-refractivity contribution in [3.63, 3.8) is 0 Å². The fourth-order valence-corrected chi connectivity index (χ4v) is 12.7. The monoisotopic (exact) mass is 1050 g/mol. The van der Waals surface area contributed by atoms with E-state index < -0.39 is 0 Å². The molecule has 0 radical (unpaired) electrons. The van der Waals surface area contributed by atoms with Crippen LogP contribution in [0, 0.1) is 21.9 Å². The van der Waals surface area contributed by atoms with Gasteiger partial charge in [-0.2, -0.15) is 0 Å². The molecule has 0 saturated heterocycles. The molecule has 6 aromatic carbocycles. The fraction of sp³-hybridized carbons (Fsp3) is 0.300. The fourth-order valence-electron chi connectivity index (χ4n) is 11.6. The summed E-state index contributed by atoms with van der Waals surface area (Å²) in [6.07, 6.45) is 10.7. The molecule has 2 atom stereocenters. The molecule has 0 bridgehead atoms. The van der Waals surface area contributed by atoms with Crippen LogP contribution in [-0.4, -0.2) is 19.7 Å². The molecule has 2 aliphatic carbocycles. The van der Waals surface area contributed by atoms with E-state index in [0.29, 0.717) is 23.3 Å². The molecule has 2 unspecified atom stereocenters. The Kier molecular flexibility index (Phi) is 10.7. The summed E-state index contributed by atoms with van der Waals surface area (Å²) in [5.41, 5.74) is 14.1. The van der Waals surface area contributed by atoms with Gasteiger partial charge in [-0.05, 0) is 23.5 Å². The van der Waals surface area contributed by atoms with Gasteiger partial charge in [0.25, 0.3) is 0 Å². The molecule has 11 rings (SSSR count). The number of benzene rings is 6. The SMILES string of the molecule is CC(C)(C)c1ccnc(N2c3[c-]c(Oc4[c-]c(-n5[c](=[Pt])n(-c6c(-c7ccccc7)cc(C(C)(C)C)cc6-c6ccccc6)c6ccccc65)ccc4)ccc3C3CCCC3C23CCCC3)c1. The molecule has 336 valence electrons. The maximum atomic E-state index is 6.89. The molecule has 66 heavy (non-hydrogen) atoms. The minimum absolute atomic E-state index is 0.0119. The predicted molar refractivity (Wildman–Crippen MR) is 266 cm³/mol. The predicted octanol–water partition coefficient (Wildman–Crippen LogP) is 15.6. The smallest absolute Gasteiger partial charge is 0.0510 e. The van der Waals surface area contributed by atoms with Crippen molar-refractivity contribution in [2.75, 3.05) is 4.90 Å². The van der Waals surface area contributed by atoms with Crippen LogP contribution in [-0.2, 0) is 30.2 Å². The zero-order chi connectivity index (χ0) is 45.4. The minimum Gasteiger partial charge on any atom is -0.0510 e. The zero-order valence-corrected chi connectivity index (χ0v) is 41.2. The Morgan fingerprint density at radius 3 is 1.89 bits per heavy atom. The minimum atomic E-state index is -0.0637. The number of fused-ring (bicyclic) bond motifs is 5. The summed E-state index contributed by atoms with van der Waals surface area (Å²) >= 11 is 2.52. The second kappa shape index (κ2) is 16.5. The van der Waals surface area contributed by atoms with Gasteiger partial charge in [0.05, 0.1) is 0 Å². The molecule has 3 heterocycles. The Hall–Kier alpha value is -5.77. The topological polar surface area (TPSA) is 35.2 Å². The number of anilines is 2. The number of ether oxygens (including phenoxy) is 1. The number of aromatic nitrogens is 3. The second-order valence-electron chi connectivity index (χ2n) is 20.9. The van der Waals surface area contributed by atoms with Gasteiger partial charge in [0, 0.05) is 6.20 Å². The quantitative estimate of drug-likeness (QED) is 0.149. The van der Waals surface area contributed by atoms with E-state index in [-0.39, 0.29) is 16.4 Å². The van der Waals surface area contributed by atoms with E-state index in [1.807, 2.05) is 12.3 Å². The molecule has 1 aliphatic heterocycles. The molecule has 2 saturated carbocycles. The van der Waals surface area contributed by atoms with Crippen LogP contribution in [0.3, 0.4) is 0 Å². The maximum absolute atomic E-state index is 6.89. The molecule has 8 aromatic rings. The first-order valence-corrected chi connectivity index (χ1v) is 25.0. The van der Waals surface area contributed by atoms with Gasteiger partial charge in [0.2, 0.25) is 0 Å². The molecular weight excluding hydrogens is 988 g/mol. The first-order chi connectivity index (χ1) is 31.9. The zero-order valence-electron chi connectivity index (χ0n) is 39.0. The summed E-state index contributed by atoms with van der Waals surface area (Å²) in [7, 11) is 0. The number of pyridine rings is 1. The van der Waals surface area contributed by atoms with Gasteiger partial charge in [0.1, 0.15) is 0 Å². The van der Waals surface area contributed by atoms with E-state index in [1.165, 1.54) is 83.9 Å². The molecule has 0 amide bonds. The van der Waals surface area contributed by atoms with Crippen molar-refractivity contribution in [2.24, 2.45) is 5.92 Å². The normalized spacial score (nSPS) is 17.9. The molecule has 2 fully saturated rings. The third-order valence-corrected chi connectivity index (χ3v) is 15.8. The van der Waals surface area contributed by atoms with Crippen LogP contribution in [0.15, 0.2) is 146 Å². The van der Waals surface area contributed by atoms with Crippen LogP contribution < -0.4 is 9.64 Å². The molecule has 0 N–H and O–H groups in total. The van der Waals surface area contributed by atoms with E-state index in [9.17, 15) is 0 Å². The van der Waals surface area contributed by atoms with Crippen molar-refractivity contribution in [3.8, 4) is 45.1 Å². The molecule has 1 spiro atoms. The Balaban J connectivity index is 1.05. The van der Waals surface area contributed by atoms with Gasteiger partial charge in [-0.1, -0.05) is 40.0 Å². The molecule has 3 aliphatic rings. The van der Waals surface area contributed by atoms with Crippen LogP contribution in [0.25, 0.3) is 44.7 Å². The van der Waals surface area contributed by atoms with Crippen LogP contribution in [0.5, 0.6) is 11.5 Å². The summed E-state index contributed by atoms with van der Waals surface area (Å²) in [4.78, 5) is 7.76. The average Bonchev–Trinajstić information content (AvgIpc) is 4.08. The first kappa shape index (κ1) is 42.8. The Bertz CT molecular complexity index is 3100. The summed E-state index contributed by atoms with van der Waals surface area (Å²) in [6.45, 7) is 13.8. The number of hydrogen-bond donors (Lipinski definition) is 0. The number of para-hydroxylation sites is 2. The third-order valence-electron chi connectivity index (χ3n) is 14.8. The van der Waals surface area contributed by atoms with Crippen molar-refractivity contribution in [1.82, 2.24) is 14.1 Å². The van der Waals surface area contributed by atoms with Crippen molar-refractivity contribution in [1.29, 1.82) is 0 Å². The Morgan fingerprint density at radius 2 is 1.24 bits per heavy atom. The van der Waals surface area contributed by atoms with Crippen LogP contribution in [0.2, 0.25) is 0 Å². The third kappa shape index (κ3) is 7.34. The first-order valence-electron chi connectivity index (χ1n) is 23.9. The summed E-state index contributed by atoms with van der Waals surface area (Å²) in [6, 6.07) is 58.1. The van der Waals surface area contributed by atoms with Gasteiger partial charge in [-0.25, -0.2) is 0 Å². The van der Waals surface area contributed by atoms with Crippen LogP contribution in [0.4, 0.5) is 11.5 Å². The number of rotatable bonds is 7. The van der Waals surface area contributed by atoms with Crippen LogP contribution >= 0.6 is 0 Å². The van der Waals surface area contributed by atoms with Gasteiger partial charge in [-0.3, -0.25) is 0 Å². The van der Waals surface area contributed by atoms with E-state index in [1.54, 1.807) is 0 Å². The van der Waals surface area contributed by atoms with Crippen molar-refractivity contribution in [2.45, 2.75) is 109 Å². The molecule has 6 heteroatoms. The van der Waals surface area contributed by atoms with Gasteiger partial charge < -0.3 is 0 Å². The van der Waals surface area contributed by atoms with E-state index in [4.69, 9.17) is 9.72 Å². The van der Waals surface area contributed by atoms with Gasteiger partial charge >= 0.3 is 334 Å². The van der Waals surface area contributed by atoms with Crippen molar-refractivity contribution >= 4 is 22.5 Å². The number of nitrogens with zero attached hydrogens (tertiary/aromatic N) is 4. The second-order valence-corrected chi connectivity index (χ2v) is 21.9. The van der Waals surface area contributed by atoms with Crippen molar-refractivity contribution in [3.05, 3.63) is 178 Å². The van der Waals surface area contributed by atoms with Gasteiger partial charge in [0.15, 0.2) is 0 Å². The average molecular weight is 1050 g/mol. The molecule has 2 aromatic heterocycles. The van der Waals surface area contributed by atoms with E-state index in [0.717, 1.165) is 37.7 Å².